The van der Waals surface area contributed by atoms with E-state index in [9.17, 15) is 14.4 Å². The highest BCUT2D eigenvalue weighted by Gasteiger charge is 2.35. The Bertz CT molecular complexity index is 1640. The molecule has 4 aromatic rings. The summed E-state index contributed by atoms with van der Waals surface area (Å²) >= 11 is 0. The number of methoxy groups -OCH3 is 1. The number of pyridine rings is 1. The fourth-order valence-corrected chi connectivity index (χ4v) is 6.13. The highest BCUT2D eigenvalue weighted by atomic mass is 16.5. The van der Waals surface area contributed by atoms with Gasteiger partial charge in [0.25, 0.3) is 11.5 Å². The summed E-state index contributed by atoms with van der Waals surface area (Å²) in [7, 11) is 4.83. The largest absolute Gasteiger partial charge is 0.383 e. The van der Waals surface area contributed by atoms with E-state index in [1.807, 2.05) is 48.0 Å². The first-order valence-electron chi connectivity index (χ1n) is 14.7. The summed E-state index contributed by atoms with van der Waals surface area (Å²) in [5.74, 6) is 0.157. The Balaban J connectivity index is 1.48. The number of carbonyl (C=O) groups excluding carboxylic acids is 2. The van der Waals surface area contributed by atoms with Crippen LogP contribution in [0.5, 0.6) is 0 Å². The van der Waals surface area contributed by atoms with Crippen molar-refractivity contribution in [3.05, 3.63) is 106 Å². The SMILES string of the molecule is CNC(=O)c1cc(-c2nn(-c3ccccc3)c(CC(=O)C[C@@H]3CN(CCOC)C[C@H]3c3ccccc3)c2C)cn(C)c1=O. The molecule has 2 atom stereocenters. The number of amides is 1. The molecule has 224 valence electrons. The summed E-state index contributed by atoms with van der Waals surface area (Å²) in [6.07, 6.45) is 2.36. The lowest BCUT2D eigenvalue weighted by Crippen LogP contribution is -2.30. The Hall–Kier alpha value is -4.34. The molecule has 3 heterocycles. The van der Waals surface area contributed by atoms with Gasteiger partial charge in [0, 0.05) is 71.4 Å². The zero-order chi connectivity index (χ0) is 30.5. The Morgan fingerprint density at radius 3 is 2.42 bits per heavy atom. The van der Waals surface area contributed by atoms with Crippen molar-refractivity contribution in [1.29, 1.82) is 0 Å². The smallest absolute Gasteiger partial charge is 0.263 e. The number of hydrogen-bond donors (Lipinski definition) is 1. The average Bonchev–Trinajstić information content (AvgIpc) is 3.58. The van der Waals surface area contributed by atoms with Crippen molar-refractivity contribution in [3.8, 4) is 16.9 Å². The van der Waals surface area contributed by atoms with Gasteiger partial charge < -0.3 is 19.5 Å². The lowest BCUT2D eigenvalue weighted by atomic mass is 9.85. The van der Waals surface area contributed by atoms with E-state index in [0.29, 0.717) is 24.3 Å². The third kappa shape index (κ3) is 6.53. The predicted octanol–water partition coefficient (Wildman–Crippen LogP) is 3.77. The Morgan fingerprint density at radius 1 is 1.05 bits per heavy atom. The van der Waals surface area contributed by atoms with Crippen LogP contribution in [0, 0.1) is 12.8 Å². The van der Waals surface area contributed by atoms with Crippen molar-refractivity contribution >= 4 is 11.7 Å². The normalized spacial score (nSPS) is 16.8. The summed E-state index contributed by atoms with van der Waals surface area (Å²) in [4.78, 5) is 41.4. The first-order chi connectivity index (χ1) is 20.8. The molecule has 0 saturated carbocycles. The number of Topliss-reactive ketones (excluding diaryl/α,β-unsaturated/α-hetero) is 1. The Labute approximate surface area is 252 Å². The summed E-state index contributed by atoms with van der Waals surface area (Å²) in [5.41, 5.74) is 4.65. The summed E-state index contributed by atoms with van der Waals surface area (Å²) < 4.78 is 8.54. The number of carbonyl (C=O) groups is 2. The van der Waals surface area contributed by atoms with Gasteiger partial charge in [-0.05, 0) is 42.2 Å². The van der Waals surface area contributed by atoms with Crippen LogP contribution >= 0.6 is 0 Å². The Morgan fingerprint density at radius 2 is 1.74 bits per heavy atom. The van der Waals surface area contributed by atoms with Crippen LogP contribution in [0.1, 0.15) is 39.5 Å². The zero-order valence-electron chi connectivity index (χ0n) is 25.2. The highest BCUT2D eigenvalue weighted by molar-refractivity contribution is 5.94. The quantitative estimate of drug-likeness (QED) is 0.290. The second-order valence-electron chi connectivity index (χ2n) is 11.3. The minimum absolute atomic E-state index is 0.0417. The van der Waals surface area contributed by atoms with Crippen LogP contribution in [0.3, 0.4) is 0 Å². The lowest BCUT2D eigenvalue weighted by molar-refractivity contribution is -0.119. The molecule has 1 fully saturated rings. The van der Waals surface area contributed by atoms with Crippen molar-refractivity contribution in [1.82, 2.24) is 24.6 Å². The minimum atomic E-state index is -0.456. The number of aromatic nitrogens is 3. The van der Waals surface area contributed by atoms with Crippen LogP contribution in [0.15, 0.2) is 77.7 Å². The number of nitrogens with one attached hydrogen (secondary N) is 1. The molecule has 0 unspecified atom stereocenters. The number of nitrogens with zero attached hydrogens (tertiary/aromatic N) is 4. The van der Waals surface area contributed by atoms with Gasteiger partial charge in [-0.1, -0.05) is 48.5 Å². The van der Waals surface area contributed by atoms with E-state index in [0.717, 1.165) is 36.6 Å². The molecule has 9 nitrogen and oxygen atoms in total. The van der Waals surface area contributed by atoms with E-state index in [1.165, 1.54) is 17.2 Å². The molecule has 1 aliphatic heterocycles. The molecule has 2 aromatic carbocycles. The molecule has 0 spiro atoms. The third-order valence-corrected chi connectivity index (χ3v) is 8.38. The molecule has 1 saturated heterocycles. The van der Waals surface area contributed by atoms with Crippen LogP contribution in [-0.2, 0) is 23.0 Å². The first-order valence-corrected chi connectivity index (χ1v) is 14.7. The van der Waals surface area contributed by atoms with E-state index < -0.39 is 5.91 Å². The van der Waals surface area contributed by atoms with Crippen LogP contribution < -0.4 is 10.9 Å². The molecule has 2 aromatic heterocycles. The second kappa shape index (κ2) is 13.3. The molecule has 43 heavy (non-hydrogen) atoms. The van der Waals surface area contributed by atoms with Gasteiger partial charge in [0.05, 0.1) is 23.7 Å². The number of aryl methyl sites for hydroxylation is 1. The topological polar surface area (TPSA) is 98.5 Å². The lowest BCUT2D eigenvalue weighted by Gasteiger charge is -2.18. The standard InChI is InChI=1S/C34H39N5O4/c1-23-31(19-28(40)17-25-21-38(15-16-43-4)22-30(25)24-11-7-5-8-12-24)39(27-13-9-6-10-14-27)36-32(23)26-18-29(33(41)35-2)34(42)37(3)20-26/h5-14,18,20,25,30H,15-17,19,21-22H2,1-4H3,(H,35,41)/t25-,30+/m1/s1. The first kappa shape index (κ1) is 30.1. The van der Waals surface area contributed by atoms with Gasteiger partial charge in [-0.15, -0.1) is 0 Å². The van der Waals surface area contributed by atoms with E-state index in [-0.39, 0.29) is 35.2 Å². The van der Waals surface area contributed by atoms with E-state index >= 15 is 0 Å². The minimum Gasteiger partial charge on any atom is -0.383 e. The fraction of sp³-hybridized carbons (Fsp3) is 0.353. The summed E-state index contributed by atoms with van der Waals surface area (Å²) in [6, 6.07) is 21.8. The maximum absolute atomic E-state index is 13.8. The van der Waals surface area contributed by atoms with E-state index in [4.69, 9.17) is 9.84 Å². The maximum Gasteiger partial charge on any atom is 0.263 e. The van der Waals surface area contributed by atoms with Crippen molar-refractivity contribution in [3.63, 3.8) is 0 Å². The molecular weight excluding hydrogens is 542 g/mol. The average molecular weight is 582 g/mol. The fourth-order valence-electron chi connectivity index (χ4n) is 6.13. The van der Waals surface area contributed by atoms with Crippen LogP contribution in [0.4, 0.5) is 0 Å². The summed E-state index contributed by atoms with van der Waals surface area (Å²) in [6.45, 7) is 5.19. The van der Waals surface area contributed by atoms with Crippen LogP contribution in [0.2, 0.25) is 0 Å². The number of ketones is 1. The predicted molar refractivity (Wildman–Crippen MR) is 167 cm³/mol. The number of hydrogen-bond acceptors (Lipinski definition) is 6. The number of ether oxygens (including phenoxy) is 1. The van der Waals surface area contributed by atoms with Gasteiger partial charge >= 0.3 is 0 Å². The monoisotopic (exact) mass is 581 g/mol. The van der Waals surface area contributed by atoms with Gasteiger partial charge in [-0.25, -0.2) is 4.68 Å². The van der Waals surface area contributed by atoms with Gasteiger partial charge in [0.2, 0.25) is 0 Å². The van der Waals surface area contributed by atoms with Gasteiger partial charge in [-0.3, -0.25) is 14.4 Å². The number of benzene rings is 2. The molecule has 5 rings (SSSR count). The number of para-hydroxylation sites is 1. The molecule has 0 radical (unpaired) electrons. The van der Waals surface area contributed by atoms with Gasteiger partial charge in [0.15, 0.2) is 0 Å². The van der Waals surface area contributed by atoms with Gasteiger partial charge in [0.1, 0.15) is 11.3 Å². The molecule has 1 N–H and O–H groups in total. The van der Waals surface area contributed by atoms with Gasteiger partial charge in [-0.2, -0.15) is 5.10 Å². The highest BCUT2D eigenvalue weighted by Crippen LogP contribution is 2.35. The zero-order valence-corrected chi connectivity index (χ0v) is 25.2. The molecule has 1 aliphatic rings. The molecule has 0 aliphatic carbocycles. The molecule has 9 heteroatoms. The molecular formula is C34H39N5O4. The van der Waals surface area contributed by atoms with Crippen molar-refractivity contribution in [2.24, 2.45) is 13.0 Å². The third-order valence-electron chi connectivity index (χ3n) is 8.38. The van der Waals surface area contributed by atoms with Crippen LogP contribution in [-0.4, -0.2) is 71.3 Å². The van der Waals surface area contributed by atoms with E-state index in [1.54, 1.807) is 26.4 Å². The number of likely N-dealkylation sites (tertiary alicyclic amines) is 1. The van der Waals surface area contributed by atoms with Crippen molar-refractivity contribution in [2.45, 2.75) is 25.7 Å². The van der Waals surface area contributed by atoms with E-state index in [2.05, 4.69) is 34.5 Å². The second-order valence-corrected chi connectivity index (χ2v) is 11.3. The Kier molecular flexibility index (Phi) is 9.33. The molecule has 1 amide bonds. The number of rotatable bonds is 11. The summed E-state index contributed by atoms with van der Waals surface area (Å²) in [5, 5.41) is 7.48. The molecule has 0 bridgehead atoms. The van der Waals surface area contributed by atoms with Crippen LogP contribution in [0.25, 0.3) is 16.9 Å². The van der Waals surface area contributed by atoms with Crippen molar-refractivity contribution in [2.75, 3.05) is 40.4 Å². The van der Waals surface area contributed by atoms with Crippen molar-refractivity contribution < 1.29 is 14.3 Å². The maximum atomic E-state index is 13.8.